The van der Waals surface area contributed by atoms with Crippen LogP contribution in [0.15, 0.2) is 22.7 Å². The summed E-state index contributed by atoms with van der Waals surface area (Å²) in [6.07, 6.45) is 0. The van der Waals surface area contributed by atoms with Crippen molar-refractivity contribution in [2.75, 3.05) is 0 Å². The number of hydrogen-bond donors (Lipinski definition) is 0. The first-order valence-corrected chi connectivity index (χ1v) is 6.15. The van der Waals surface area contributed by atoms with Crippen molar-refractivity contribution in [1.29, 1.82) is 0 Å². The Balaban J connectivity index is 2.55. The number of nitrogens with zero attached hydrogens (tertiary/aromatic N) is 2. The lowest BCUT2D eigenvalue weighted by Crippen LogP contribution is -1.83. The predicted octanol–water partition coefficient (Wildman–Crippen LogP) is 3.60. The molecule has 3 nitrogen and oxygen atoms in total. The number of halogens is 3. The van der Waals surface area contributed by atoms with E-state index in [9.17, 15) is 0 Å². The van der Waals surface area contributed by atoms with Crippen LogP contribution in [0.4, 0.5) is 0 Å². The third-order valence-corrected chi connectivity index (χ3v) is 3.17. The van der Waals surface area contributed by atoms with Gasteiger partial charge in [-0.2, -0.15) is 4.98 Å². The molecule has 0 fully saturated rings. The van der Waals surface area contributed by atoms with E-state index in [2.05, 4.69) is 32.7 Å². The van der Waals surface area contributed by atoms with Gasteiger partial charge in [-0.1, -0.05) is 16.8 Å². The minimum atomic E-state index is 0.501. The molecule has 72 valence electrons. The van der Waals surface area contributed by atoms with Crippen molar-refractivity contribution in [2.24, 2.45) is 0 Å². The maximum Gasteiger partial charge on any atom is 0.259 e. The summed E-state index contributed by atoms with van der Waals surface area (Å²) in [7, 11) is 0. The van der Waals surface area contributed by atoms with Gasteiger partial charge >= 0.3 is 0 Å². The van der Waals surface area contributed by atoms with Crippen molar-refractivity contribution in [3.05, 3.63) is 30.6 Å². The van der Waals surface area contributed by atoms with Crippen molar-refractivity contribution in [3.8, 4) is 11.5 Å². The zero-order chi connectivity index (χ0) is 10.1. The molecule has 1 aromatic carbocycles. The lowest BCUT2D eigenvalue weighted by Gasteiger charge is -1.98. The molecule has 2 aromatic rings. The van der Waals surface area contributed by atoms with Crippen molar-refractivity contribution in [3.63, 3.8) is 0 Å². The molecule has 2 rings (SSSR count). The van der Waals surface area contributed by atoms with Crippen LogP contribution in [0, 0.1) is 7.40 Å². The molecule has 14 heavy (non-hydrogen) atoms. The Kier molecular flexibility index (Phi) is 3.27. The summed E-state index contributed by atoms with van der Waals surface area (Å²) in [4.78, 5) is 4.13. The molecule has 0 N–H and O–H groups in total. The predicted molar refractivity (Wildman–Crippen MR) is 70.2 cm³/mol. The van der Waals surface area contributed by atoms with Crippen LogP contribution in [-0.2, 0) is 0 Å². The van der Waals surface area contributed by atoms with Gasteiger partial charge in [-0.05, 0) is 40.8 Å². The first-order chi connectivity index (χ1) is 6.66. The molecule has 0 amide bonds. The maximum atomic E-state index is 5.88. The van der Waals surface area contributed by atoms with E-state index in [0.29, 0.717) is 14.7 Å². The van der Waals surface area contributed by atoms with Crippen molar-refractivity contribution >= 4 is 56.8 Å². The fraction of sp³-hybridized carbons (Fsp3) is 0. The van der Waals surface area contributed by atoms with E-state index >= 15 is 0 Å². The van der Waals surface area contributed by atoms with E-state index < -0.39 is 0 Å². The van der Waals surface area contributed by atoms with Gasteiger partial charge in [-0.15, -0.1) is 0 Å². The Hall–Kier alpha value is 0.110. The highest BCUT2D eigenvalue weighted by atomic mass is 127. The number of hydrogen-bond acceptors (Lipinski definition) is 3. The Bertz CT molecular complexity index is 472. The summed E-state index contributed by atoms with van der Waals surface area (Å²) < 4.78 is 6.68. The minimum Gasteiger partial charge on any atom is -0.333 e. The molecule has 0 aliphatic rings. The lowest BCUT2D eigenvalue weighted by atomic mass is 10.2. The van der Waals surface area contributed by atoms with Crippen LogP contribution in [-0.4, -0.2) is 10.1 Å². The van der Waals surface area contributed by atoms with Gasteiger partial charge in [0.2, 0.25) is 3.83 Å². The van der Waals surface area contributed by atoms with Gasteiger partial charge in [0.1, 0.15) is 0 Å². The van der Waals surface area contributed by atoms with E-state index in [1.807, 2.05) is 40.8 Å². The standard InChI is InChI=1S/C8H3ClI2N2O/c9-4-1-2-6(10)5(3-4)7-12-8(11)13-14-7/h1-3H. The van der Waals surface area contributed by atoms with E-state index in [0.717, 1.165) is 9.13 Å². The molecule has 0 saturated heterocycles. The molecule has 0 radical (unpaired) electrons. The second kappa shape index (κ2) is 4.31. The molecule has 6 heteroatoms. The summed E-state index contributed by atoms with van der Waals surface area (Å²) in [5.74, 6) is 0.501. The summed E-state index contributed by atoms with van der Waals surface area (Å²) >= 11 is 10.1. The molecule has 0 bridgehead atoms. The van der Waals surface area contributed by atoms with Crippen LogP contribution < -0.4 is 0 Å². The van der Waals surface area contributed by atoms with Crippen molar-refractivity contribution < 1.29 is 4.52 Å². The largest absolute Gasteiger partial charge is 0.333 e. The zero-order valence-corrected chi connectivity index (χ0v) is 11.7. The average molecular weight is 432 g/mol. The zero-order valence-electron chi connectivity index (χ0n) is 6.67. The Morgan fingerprint density at radius 2 is 2.07 bits per heavy atom. The number of rotatable bonds is 1. The Morgan fingerprint density at radius 1 is 1.29 bits per heavy atom. The third-order valence-electron chi connectivity index (χ3n) is 1.56. The van der Waals surface area contributed by atoms with Crippen molar-refractivity contribution in [2.45, 2.75) is 0 Å². The molecule has 0 saturated carbocycles. The fourth-order valence-electron chi connectivity index (χ4n) is 0.976. The molecule has 0 aliphatic carbocycles. The van der Waals surface area contributed by atoms with Crippen LogP contribution in [0.25, 0.3) is 11.5 Å². The van der Waals surface area contributed by atoms with Crippen LogP contribution >= 0.6 is 56.8 Å². The SMILES string of the molecule is Clc1ccc(I)c(-c2nc(I)no2)c1. The number of aromatic nitrogens is 2. The first-order valence-electron chi connectivity index (χ1n) is 3.61. The molecule has 0 atom stereocenters. The molecule has 1 heterocycles. The van der Waals surface area contributed by atoms with Crippen LogP contribution in [0.3, 0.4) is 0 Å². The molecule has 1 aromatic heterocycles. The fourth-order valence-corrected chi connectivity index (χ4v) is 2.03. The van der Waals surface area contributed by atoms with Gasteiger partial charge < -0.3 is 4.52 Å². The maximum absolute atomic E-state index is 5.88. The topological polar surface area (TPSA) is 38.9 Å². The normalized spacial score (nSPS) is 10.5. The van der Waals surface area contributed by atoms with E-state index in [1.54, 1.807) is 0 Å². The van der Waals surface area contributed by atoms with Gasteiger partial charge in [0.15, 0.2) is 0 Å². The highest BCUT2D eigenvalue weighted by molar-refractivity contribution is 14.1. The Morgan fingerprint density at radius 3 is 2.71 bits per heavy atom. The molecule has 0 spiro atoms. The lowest BCUT2D eigenvalue weighted by molar-refractivity contribution is 0.425. The summed E-state index contributed by atoms with van der Waals surface area (Å²) in [5.41, 5.74) is 0.869. The summed E-state index contributed by atoms with van der Waals surface area (Å²) in [5, 5.41) is 4.38. The molecule has 0 aliphatic heterocycles. The van der Waals surface area contributed by atoms with Gasteiger partial charge in [-0.3, -0.25) is 0 Å². The monoisotopic (exact) mass is 432 g/mol. The quantitative estimate of drug-likeness (QED) is 0.647. The average Bonchev–Trinajstić information content (AvgIpc) is 2.56. The minimum absolute atomic E-state index is 0.501. The smallest absolute Gasteiger partial charge is 0.259 e. The first kappa shape index (κ1) is 10.6. The van der Waals surface area contributed by atoms with E-state index in [-0.39, 0.29) is 0 Å². The molecular weight excluding hydrogens is 429 g/mol. The van der Waals surface area contributed by atoms with E-state index in [4.69, 9.17) is 16.1 Å². The molecular formula is C8H3ClI2N2O. The van der Waals surface area contributed by atoms with Gasteiger partial charge in [-0.25, -0.2) is 0 Å². The van der Waals surface area contributed by atoms with Crippen LogP contribution in [0.5, 0.6) is 0 Å². The third kappa shape index (κ3) is 2.19. The van der Waals surface area contributed by atoms with Gasteiger partial charge in [0.05, 0.1) is 5.56 Å². The highest BCUT2D eigenvalue weighted by Gasteiger charge is 2.10. The summed E-state index contributed by atoms with van der Waals surface area (Å²) in [6.45, 7) is 0. The van der Waals surface area contributed by atoms with E-state index in [1.165, 1.54) is 0 Å². The summed E-state index contributed by atoms with van der Waals surface area (Å²) in [6, 6.07) is 5.55. The van der Waals surface area contributed by atoms with Crippen LogP contribution in [0.2, 0.25) is 5.02 Å². The highest BCUT2D eigenvalue weighted by Crippen LogP contribution is 2.26. The van der Waals surface area contributed by atoms with Gasteiger partial charge in [0.25, 0.3) is 5.89 Å². The molecule has 0 unspecified atom stereocenters. The van der Waals surface area contributed by atoms with Crippen molar-refractivity contribution in [1.82, 2.24) is 10.1 Å². The van der Waals surface area contributed by atoms with Crippen LogP contribution in [0.1, 0.15) is 0 Å². The van der Waals surface area contributed by atoms with Gasteiger partial charge in [0, 0.05) is 31.2 Å². The second-order valence-corrected chi connectivity index (χ2v) is 5.06. The second-order valence-electron chi connectivity index (χ2n) is 2.49. The number of benzene rings is 1. The Labute approximate surface area is 113 Å².